The summed E-state index contributed by atoms with van der Waals surface area (Å²) in [4.78, 5) is 46.8. The molecule has 0 amide bonds. The van der Waals surface area contributed by atoms with Crippen LogP contribution in [0.4, 0.5) is 0 Å². The zero-order chi connectivity index (χ0) is 22.6. The molecule has 0 aromatic rings. The van der Waals surface area contributed by atoms with E-state index in [1.54, 1.807) is 0 Å². The molecule has 2 fully saturated rings. The predicted molar refractivity (Wildman–Crippen MR) is 113 cm³/mol. The second-order valence-electron chi connectivity index (χ2n) is 10.5. The Morgan fingerprint density at radius 2 is 1.84 bits per heavy atom. The summed E-state index contributed by atoms with van der Waals surface area (Å²) in [5.74, 6) is -3.82. The summed E-state index contributed by atoms with van der Waals surface area (Å²) in [6.07, 6.45) is 10.9. The van der Waals surface area contributed by atoms with Gasteiger partial charge in [-0.3, -0.25) is 14.4 Å². The first-order valence-corrected chi connectivity index (χ1v) is 11.5. The van der Waals surface area contributed by atoms with Crippen molar-refractivity contribution in [2.75, 3.05) is 0 Å². The maximum Gasteiger partial charge on any atom is 0.317 e. The monoisotopic (exact) mass is 428 g/mol. The summed E-state index contributed by atoms with van der Waals surface area (Å²) in [5.41, 5.74) is 2.55. The van der Waals surface area contributed by atoms with Crippen molar-refractivity contribution < 1.29 is 29.4 Å². The zero-order valence-electron chi connectivity index (χ0n) is 18.3. The molecule has 2 N–H and O–H groups in total. The van der Waals surface area contributed by atoms with Crippen molar-refractivity contribution in [2.24, 2.45) is 40.4 Å². The van der Waals surface area contributed by atoms with Gasteiger partial charge in [0.05, 0.1) is 0 Å². The van der Waals surface area contributed by atoms with Crippen molar-refractivity contribution in [3.8, 4) is 0 Å². The Morgan fingerprint density at radius 3 is 2.48 bits per heavy atom. The average molecular weight is 429 g/mol. The molecular formula is C25H32O6. The van der Waals surface area contributed by atoms with Crippen molar-refractivity contribution in [1.82, 2.24) is 0 Å². The molecule has 0 spiro atoms. The van der Waals surface area contributed by atoms with Crippen LogP contribution >= 0.6 is 0 Å². The third-order valence-electron chi connectivity index (χ3n) is 9.23. The highest BCUT2D eigenvalue weighted by Gasteiger charge is 2.57. The fourth-order valence-electron chi connectivity index (χ4n) is 7.47. The number of carboxylic acids is 2. The van der Waals surface area contributed by atoms with Crippen LogP contribution in [0.25, 0.3) is 0 Å². The minimum atomic E-state index is -1.56. The molecule has 2 saturated carbocycles. The summed E-state index contributed by atoms with van der Waals surface area (Å²) in [6.45, 7) is 4.51. The molecule has 6 nitrogen and oxygen atoms in total. The highest BCUT2D eigenvalue weighted by molar-refractivity contribution is 5.93. The van der Waals surface area contributed by atoms with E-state index in [9.17, 15) is 29.4 Å². The van der Waals surface area contributed by atoms with E-state index in [2.05, 4.69) is 19.9 Å². The highest BCUT2D eigenvalue weighted by Crippen LogP contribution is 2.65. The van der Waals surface area contributed by atoms with Crippen LogP contribution in [-0.4, -0.2) is 34.2 Å². The van der Waals surface area contributed by atoms with Crippen LogP contribution < -0.4 is 0 Å². The van der Waals surface area contributed by atoms with E-state index in [0.29, 0.717) is 24.7 Å². The van der Waals surface area contributed by atoms with E-state index in [4.69, 9.17) is 0 Å². The molecule has 168 valence electrons. The number of allylic oxidation sites excluding steroid dienone is 4. The molecule has 4 rings (SSSR count). The van der Waals surface area contributed by atoms with Crippen molar-refractivity contribution in [2.45, 2.75) is 65.2 Å². The van der Waals surface area contributed by atoms with E-state index in [1.807, 2.05) is 6.08 Å². The molecule has 0 aromatic carbocycles. The molecule has 0 heterocycles. The SMILES string of the molecule is C[C@]12CC[C@H]3[C@@H](CCC4=CC(=O)CC[C@@]43C)C1=CC[C@@H]2[C@H](C=O)CC(C(=O)O)C(=O)O. The minimum Gasteiger partial charge on any atom is -0.481 e. The molecule has 6 heteroatoms. The van der Waals surface area contributed by atoms with Crippen LogP contribution in [0.15, 0.2) is 23.3 Å². The van der Waals surface area contributed by atoms with Crippen LogP contribution in [0, 0.1) is 40.4 Å². The van der Waals surface area contributed by atoms with Gasteiger partial charge in [0.25, 0.3) is 0 Å². The normalized spacial score (nSPS) is 37.8. The summed E-state index contributed by atoms with van der Waals surface area (Å²) in [5, 5.41) is 18.6. The molecule has 0 unspecified atom stereocenters. The number of aliphatic carboxylic acids is 2. The quantitative estimate of drug-likeness (QED) is 0.375. The zero-order valence-corrected chi connectivity index (χ0v) is 18.3. The van der Waals surface area contributed by atoms with Gasteiger partial charge >= 0.3 is 11.9 Å². The first kappa shape index (κ1) is 22.0. The fraction of sp³-hybridized carbons (Fsp3) is 0.680. The second kappa shape index (κ2) is 7.72. The van der Waals surface area contributed by atoms with Gasteiger partial charge in [0.2, 0.25) is 0 Å². The molecule has 0 bridgehead atoms. The van der Waals surface area contributed by atoms with E-state index >= 15 is 0 Å². The van der Waals surface area contributed by atoms with Crippen LogP contribution in [-0.2, 0) is 19.2 Å². The van der Waals surface area contributed by atoms with Gasteiger partial charge in [-0.15, -0.1) is 0 Å². The molecule has 6 atom stereocenters. The van der Waals surface area contributed by atoms with Gasteiger partial charge in [0.15, 0.2) is 11.7 Å². The Morgan fingerprint density at radius 1 is 1.13 bits per heavy atom. The summed E-state index contributed by atoms with van der Waals surface area (Å²) in [7, 11) is 0. The molecular weight excluding hydrogens is 396 g/mol. The number of carboxylic acid groups (broad SMARTS) is 2. The van der Waals surface area contributed by atoms with Gasteiger partial charge in [-0.2, -0.15) is 0 Å². The van der Waals surface area contributed by atoms with Gasteiger partial charge < -0.3 is 15.0 Å². The second-order valence-corrected chi connectivity index (χ2v) is 10.5. The number of carbonyl (C=O) groups is 4. The molecule has 4 aliphatic rings. The topological polar surface area (TPSA) is 109 Å². The van der Waals surface area contributed by atoms with Crippen molar-refractivity contribution in [1.29, 1.82) is 0 Å². The Labute approximate surface area is 182 Å². The number of rotatable bonds is 6. The van der Waals surface area contributed by atoms with Crippen LogP contribution in [0.2, 0.25) is 0 Å². The Hall–Kier alpha value is -2.24. The third kappa shape index (κ3) is 3.39. The van der Waals surface area contributed by atoms with Crippen molar-refractivity contribution in [3.63, 3.8) is 0 Å². The van der Waals surface area contributed by atoms with E-state index in [1.165, 1.54) is 11.1 Å². The minimum absolute atomic E-state index is 0.0544. The summed E-state index contributed by atoms with van der Waals surface area (Å²) in [6, 6.07) is 0. The number of hydrogen-bond donors (Lipinski definition) is 2. The van der Waals surface area contributed by atoms with Crippen LogP contribution in [0.3, 0.4) is 0 Å². The molecule has 0 aliphatic heterocycles. The molecule has 4 aliphatic carbocycles. The number of carbonyl (C=O) groups excluding carboxylic acids is 2. The van der Waals surface area contributed by atoms with Crippen LogP contribution in [0.1, 0.15) is 65.2 Å². The van der Waals surface area contributed by atoms with Crippen molar-refractivity contribution in [3.05, 3.63) is 23.3 Å². The Balaban J connectivity index is 1.59. The predicted octanol–water partition coefficient (Wildman–Crippen LogP) is 4.05. The third-order valence-corrected chi connectivity index (χ3v) is 9.23. The summed E-state index contributed by atoms with van der Waals surface area (Å²) < 4.78 is 0. The highest BCUT2D eigenvalue weighted by atomic mass is 16.4. The van der Waals surface area contributed by atoms with E-state index in [0.717, 1.165) is 38.4 Å². The lowest BCUT2D eigenvalue weighted by atomic mass is 9.47. The van der Waals surface area contributed by atoms with Crippen LogP contribution in [0.5, 0.6) is 0 Å². The smallest absolute Gasteiger partial charge is 0.317 e. The van der Waals surface area contributed by atoms with Gasteiger partial charge in [0.1, 0.15) is 6.29 Å². The van der Waals surface area contributed by atoms with Crippen molar-refractivity contribution >= 4 is 24.0 Å². The van der Waals surface area contributed by atoms with Gasteiger partial charge in [-0.1, -0.05) is 31.1 Å². The molecule has 0 radical (unpaired) electrons. The largest absolute Gasteiger partial charge is 0.481 e. The van der Waals surface area contributed by atoms with E-state index in [-0.39, 0.29) is 29.0 Å². The van der Waals surface area contributed by atoms with Gasteiger partial charge in [-0.25, -0.2) is 0 Å². The number of aldehydes is 1. The lowest BCUT2D eigenvalue weighted by molar-refractivity contribution is -0.155. The maximum atomic E-state index is 12.0. The molecule has 31 heavy (non-hydrogen) atoms. The molecule has 0 aromatic heterocycles. The average Bonchev–Trinajstić information content (AvgIpc) is 3.06. The Bertz CT molecular complexity index is 870. The maximum absolute atomic E-state index is 12.0. The summed E-state index contributed by atoms with van der Waals surface area (Å²) >= 11 is 0. The van der Waals surface area contributed by atoms with Gasteiger partial charge in [0, 0.05) is 12.3 Å². The number of ketones is 1. The lowest BCUT2D eigenvalue weighted by Gasteiger charge is -2.56. The number of fused-ring (bicyclic) bond motifs is 5. The number of hydrogen-bond acceptors (Lipinski definition) is 4. The first-order chi connectivity index (χ1) is 14.6. The first-order valence-electron chi connectivity index (χ1n) is 11.5. The Kier molecular flexibility index (Phi) is 5.47. The lowest BCUT2D eigenvalue weighted by Crippen LogP contribution is -2.48. The molecule has 0 saturated heterocycles. The standard InChI is InChI=1S/C25H32O6/c1-24-9-7-16(27)12-15(24)3-4-17-20-6-5-19(25(20,2)10-8-21(17)24)14(13-26)11-18(22(28)29)23(30)31/h6,12-14,17-19,21H,3-5,7-11H2,1-2H3,(H,28,29)(H,30,31)/t14-,17-,19+,21-,24-,25+/m0/s1. The van der Waals surface area contributed by atoms with Gasteiger partial charge in [-0.05, 0) is 79.6 Å². The fourth-order valence-corrected chi connectivity index (χ4v) is 7.47. The van der Waals surface area contributed by atoms with E-state index < -0.39 is 23.8 Å².